The lowest BCUT2D eigenvalue weighted by molar-refractivity contribution is 0.0549. The van der Waals surface area contributed by atoms with Crippen LogP contribution in [0.5, 0.6) is 11.5 Å². The highest BCUT2D eigenvalue weighted by Crippen LogP contribution is 2.40. The smallest absolute Gasteiger partial charge is 0.357 e. The highest BCUT2D eigenvalue weighted by atomic mass is 16.5. The van der Waals surface area contributed by atoms with E-state index in [1.54, 1.807) is 30.3 Å². The summed E-state index contributed by atoms with van der Waals surface area (Å²) in [6.07, 6.45) is 0.827. The van der Waals surface area contributed by atoms with Crippen LogP contribution in [0.1, 0.15) is 41.1 Å². The van der Waals surface area contributed by atoms with E-state index in [1.807, 2.05) is 18.2 Å². The second-order valence-electron chi connectivity index (χ2n) is 7.67. The van der Waals surface area contributed by atoms with Crippen molar-refractivity contribution in [2.75, 3.05) is 27.9 Å². The van der Waals surface area contributed by atoms with Gasteiger partial charge in [0.05, 0.1) is 33.6 Å². The van der Waals surface area contributed by atoms with Crippen LogP contribution in [-0.2, 0) is 9.47 Å². The summed E-state index contributed by atoms with van der Waals surface area (Å²) in [7, 11) is 4.04. The van der Waals surface area contributed by atoms with Crippen molar-refractivity contribution in [2.24, 2.45) is 5.92 Å². The van der Waals surface area contributed by atoms with Gasteiger partial charge in [-0.15, -0.1) is 0 Å². The van der Waals surface area contributed by atoms with Crippen LogP contribution in [0.2, 0.25) is 0 Å². The van der Waals surface area contributed by atoms with Gasteiger partial charge in [0.25, 0.3) is 0 Å². The first-order chi connectivity index (χ1) is 15.9. The van der Waals surface area contributed by atoms with Crippen molar-refractivity contribution in [1.29, 1.82) is 0 Å². The van der Waals surface area contributed by atoms with Gasteiger partial charge < -0.3 is 18.9 Å². The predicted octanol–water partition coefficient (Wildman–Crippen LogP) is 4.55. The Kier molecular flexibility index (Phi) is 7.71. The van der Waals surface area contributed by atoms with E-state index in [-0.39, 0.29) is 17.0 Å². The molecule has 0 fully saturated rings. The first kappa shape index (κ1) is 23.8. The van der Waals surface area contributed by atoms with E-state index in [0.29, 0.717) is 35.3 Å². The SMILES string of the molecule is COC(=O)c1c(-c2cccc(OC)c2OCCC(C)C)nn(-c2ccccc2)c1C(=O)OC. The minimum Gasteiger partial charge on any atom is -0.493 e. The number of esters is 2. The molecule has 3 aromatic rings. The van der Waals surface area contributed by atoms with Crippen LogP contribution >= 0.6 is 0 Å². The van der Waals surface area contributed by atoms with Gasteiger partial charge in [-0.2, -0.15) is 5.10 Å². The monoisotopic (exact) mass is 452 g/mol. The third-order valence-electron chi connectivity index (χ3n) is 5.05. The number of methoxy groups -OCH3 is 3. The van der Waals surface area contributed by atoms with Gasteiger partial charge in [0.15, 0.2) is 17.2 Å². The van der Waals surface area contributed by atoms with E-state index in [0.717, 1.165) is 6.42 Å². The molecular weight excluding hydrogens is 424 g/mol. The standard InChI is InChI=1S/C25H28N2O6/c1-16(2)14-15-33-23-18(12-9-13-19(23)30-3)21-20(24(28)31-4)22(25(29)32-5)27(26-21)17-10-7-6-8-11-17/h6-13,16H,14-15H2,1-5H3. The van der Waals surface area contributed by atoms with E-state index >= 15 is 0 Å². The maximum absolute atomic E-state index is 12.9. The fraction of sp³-hybridized carbons (Fsp3) is 0.320. The number of aromatic nitrogens is 2. The normalized spacial score (nSPS) is 10.7. The molecule has 0 saturated carbocycles. The number of nitrogens with zero attached hydrogens (tertiary/aromatic N) is 2. The molecule has 0 saturated heterocycles. The lowest BCUT2D eigenvalue weighted by Gasteiger charge is -2.15. The lowest BCUT2D eigenvalue weighted by atomic mass is 10.0. The van der Waals surface area contributed by atoms with Crippen molar-refractivity contribution in [3.63, 3.8) is 0 Å². The summed E-state index contributed by atoms with van der Waals surface area (Å²) in [5.74, 6) is -0.0791. The predicted molar refractivity (Wildman–Crippen MR) is 123 cm³/mol. The molecular formula is C25H28N2O6. The number of carbonyl (C=O) groups excluding carboxylic acids is 2. The van der Waals surface area contributed by atoms with Crippen LogP contribution < -0.4 is 9.47 Å². The molecule has 0 spiro atoms. The quantitative estimate of drug-likeness (QED) is 0.440. The molecule has 0 aliphatic carbocycles. The fourth-order valence-electron chi connectivity index (χ4n) is 3.35. The molecule has 0 N–H and O–H groups in total. The van der Waals surface area contributed by atoms with Crippen LogP contribution in [0.3, 0.4) is 0 Å². The Morgan fingerprint density at radius 2 is 1.64 bits per heavy atom. The first-order valence-corrected chi connectivity index (χ1v) is 10.6. The summed E-state index contributed by atoms with van der Waals surface area (Å²) < 4.78 is 23.0. The van der Waals surface area contributed by atoms with Crippen LogP contribution in [0.15, 0.2) is 48.5 Å². The van der Waals surface area contributed by atoms with Crippen LogP contribution in [0, 0.1) is 5.92 Å². The lowest BCUT2D eigenvalue weighted by Crippen LogP contribution is -2.15. The summed E-state index contributed by atoms with van der Waals surface area (Å²) in [5, 5.41) is 4.65. The molecule has 8 nitrogen and oxygen atoms in total. The van der Waals surface area contributed by atoms with Crippen molar-refractivity contribution in [3.8, 4) is 28.4 Å². The van der Waals surface area contributed by atoms with Gasteiger partial charge in [-0.05, 0) is 36.6 Å². The molecule has 3 rings (SSSR count). The minimum absolute atomic E-state index is 0.0184. The summed E-state index contributed by atoms with van der Waals surface area (Å²) in [6, 6.07) is 14.3. The van der Waals surface area contributed by atoms with Crippen LogP contribution in [0.4, 0.5) is 0 Å². The Balaban J connectivity index is 2.30. The Hall–Kier alpha value is -3.81. The van der Waals surface area contributed by atoms with Gasteiger partial charge in [-0.25, -0.2) is 14.3 Å². The summed E-state index contributed by atoms with van der Waals surface area (Å²) in [5.41, 5.74) is 1.25. The van der Waals surface area contributed by atoms with E-state index in [1.165, 1.54) is 26.0 Å². The number of para-hydroxylation sites is 2. The number of hydrogen-bond donors (Lipinski definition) is 0. The number of carbonyl (C=O) groups is 2. The summed E-state index contributed by atoms with van der Waals surface area (Å²) in [4.78, 5) is 25.7. The second kappa shape index (κ2) is 10.7. The molecule has 0 bridgehead atoms. The van der Waals surface area contributed by atoms with Crippen molar-refractivity contribution in [2.45, 2.75) is 20.3 Å². The zero-order valence-electron chi connectivity index (χ0n) is 19.5. The molecule has 0 unspecified atom stereocenters. The summed E-state index contributed by atoms with van der Waals surface area (Å²) >= 11 is 0. The molecule has 0 aliphatic heterocycles. The Morgan fingerprint density at radius 3 is 2.24 bits per heavy atom. The maximum atomic E-state index is 12.9. The van der Waals surface area contributed by atoms with Crippen molar-refractivity contribution in [3.05, 3.63) is 59.8 Å². The third-order valence-corrected chi connectivity index (χ3v) is 5.05. The van der Waals surface area contributed by atoms with Crippen LogP contribution in [-0.4, -0.2) is 49.7 Å². The second-order valence-corrected chi connectivity index (χ2v) is 7.67. The van der Waals surface area contributed by atoms with E-state index in [9.17, 15) is 9.59 Å². The van der Waals surface area contributed by atoms with Gasteiger partial charge in [-0.1, -0.05) is 38.1 Å². The Labute approximate surface area is 193 Å². The van der Waals surface area contributed by atoms with Gasteiger partial charge in [-0.3, -0.25) is 0 Å². The zero-order chi connectivity index (χ0) is 24.0. The minimum atomic E-state index is -0.719. The number of hydrogen-bond acceptors (Lipinski definition) is 7. The van der Waals surface area contributed by atoms with Gasteiger partial charge in [0, 0.05) is 5.56 Å². The van der Waals surface area contributed by atoms with E-state index in [2.05, 4.69) is 18.9 Å². The first-order valence-electron chi connectivity index (χ1n) is 10.6. The molecule has 1 aromatic heterocycles. The molecule has 1 heterocycles. The largest absolute Gasteiger partial charge is 0.493 e. The fourth-order valence-corrected chi connectivity index (χ4v) is 3.35. The molecule has 0 radical (unpaired) electrons. The van der Waals surface area contributed by atoms with Crippen molar-refractivity contribution < 1.29 is 28.5 Å². The molecule has 2 aromatic carbocycles. The topological polar surface area (TPSA) is 88.9 Å². The molecule has 0 atom stereocenters. The van der Waals surface area contributed by atoms with Gasteiger partial charge >= 0.3 is 11.9 Å². The Bertz CT molecular complexity index is 1120. The molecule has 174 valence electrons. The molecule has 0 amide bonds. The highest BCUT2D eigenvalue weighted by molar-refractivity contribution is 6.07. The third kappa shape index (κ3) is 5.00. The Morgan fingerprint density at radius 1 is 0.939 bits per heavy atom. The number of benzene rings is 2. The van der Waals surface area contributed by atoms with Crippen molar-refractivity contribution in [1.82, 2.24) is 9.78 Å². The van der Waals surface area contributed by atoms with E-state index < -0.39 is 11.9 Å². The summed E-state index contributed by atoms with van der Waals surface area (Å²) in [6.45, 7) is 4.65. The number of rotatable bonds is 9. The average Bonchev–Trinajstić information content (AvgIpc) is 3.23. The van der Waals surface area contributed by atoms with Crippen LogP contribution in [0.25, 0.3) is 16.9 Å². The maximum Gasteiger partial charge on any atom is 0.357 e. The van der Waals surface area contributed by atoms with Crippen molar-refractivity contribution >= 4 is 11.9 Å². The van der Waals surface area contributed by atoms with E-state index in [4.69, 9.17) is 18.9 Å². The number of ether oxygens (including phenoxy) is 4. The molecule has 0 aliphatic rings. The molecule has 33 heavy (non-hydrogen) atoms. The zero-order valence-corrected chi connectivity index (χ0v) is 19.5. The van der Waals surface area contributed by atoms with Gasteiger partial charge in [0.2, 0.25) is 0 Å². The van der Waals surface area contributed by atoms with Gasteiger partial charge in [0.1, 0.15) is 11.3 Å². The molecule has 8 heteroatoms. The highest BCUT2D eigenvalue weighted by Gasteiger charge is 2.33. The average molecular weight is 453 g/mol.